The molecule has 1 fully saturated rings. The van der Waals surface area contributed by atoms with E-state index in [0.717, 1.165) is 16.9 Å². The molecule has 1 unspecified atom stereocenters. The summed E-state index contributed by atoms with van der Waals surface area (Å²) in [4.78, 5) is 26.8. The number of nitrogens with two attached hydrogens (primary N) is 1. The zero-order valence-corrected chi connectivity index (χ0v) is 12.7. The van der Waals surface area contributed by atoms with Gasteiger partial charge >= 0.3 is 0 Å². The lowest BCUT2D eigenvalue weighted by molar-refractivity contribution is -0.121. The number of amides is 2. The average Bonchev–Trinajstić information content (AvgIpc) is 3.06. The lowest BCUT2D eigenvalue weighted by atomic mass is 10.2. The molecule has 2 rings (SSSR count). The van der Waals surface area contributed by atoms with Gasteiger partial charge in [-0.2, -0.15) is 0 Å². The molecule has 1 saturated heterocycles. The maximum atomic E-state index is 12.5. The second-order valence-corrected chi connectivity index (χ2v) is 6.01. The Bertz CT molecular complexity index is 612. The second-order valence-electron chi connectivity index (χ2n) is 4.96. The molecule has 0 bridgehead atoms. The minimum atomic E-state index is -0.496. The molecule has 5 nitrogen and oxygen atoms in total. The van der Waals surface area contributed by atoms with Crippen molar-refractivity contribution in [2.24, 2.45) is 5.73 Å². The van der Waals surface area contributed by atoms with Gasteiger partial charge in [-0.05, 0) is 31.4 Å². The number of rotatable bonds is 3. The monoisotopic (exact) mass is 306 g/mol. The van der Waals surface area contributed by atoms with Gasteiger partial charge < -0.3 is 15.7 Å². The number of hydrogen-bond donors (Lipinski definition) is 2. The highest BCUT2D eigenvalue weighted by Gasteiger charge is 2.33. The first-order chi connectivity index (χ1) is 10.0. The molecule has 1 atom stereocenters. The molecular weight excluding hydrogens is 288 g/mol. The zero-order chi connectivity index (χ0) is 15.4. The summed E-state index contributed by atoms with van der Waals surface area (Å²) in [6.07, 6.45) is 1.85. The summed E-state index contributed by atoms with van der Waals surface area (Å²) in [5.74, 6) is 5.21. The average molecular weight is 306 g/mol. The van der Waals surface area contributed by atoms with Crippen LogP contribution in [0, 0.1) is 18.8 Å². The summed E-state index contributed by atoms with van der Waals surface area (Å²) in [6, 6.07) is 1.30. The summed E-state index contributed by atoms with van der Waals surface area (Å²) in [6.45, 7) is 2.48. The van der Waals surface area contributed by atoms with Crippen LogP contribution in [0.25, 0.3) is 0 Å². The van der Waals surface area contributed by atoms with Crippen molar-refractivity contribution in [1.29, 1.82) is 0 Å². The Morgan fingerprint density at radius 3 is 3.00 bits per heavy atom. The van der Waals surface area contributed by atoms with Crippen molar-refractivity contribution < 1.29 is 14.7 Å². The molecule has 0 aromatic carbocycles. The minimum absolute atomic E-state index is 0.0251. The minimum Gasteiger partial charge on any atom is -0.395 e. The van der Waals surface area contributed by atoms with Gasteiger partial charge in [-0.25, -0.2) is 0 Å². The number of carbonyl (C=O) groups is 2. The van der Waals surface area contributed by atoms with Crippen LogP contribution in [0.15, 0.2) is 6.07 Å². The van der Waals surface area contributed by atoms with Crippen molar-refractivity contribution in [2.75, 3.05) is 13.2 Å². The lowest BCUT2D eigenvalue weighted by Crippen LogP contribution is -2.43. The van der Waals surface area contributed by atoms with Crippen LogP contribution in [0.2, 0.25) is 0 Å². The number of carbonyl (C=O) groups excluding carboxylic acids is 2. The van der Waals surface area contributed by atoms with Crippen LogP contribution >= 0.6 is 11.3 Å². The number of hydrogen-bond acceptors (Lipinski definition) is 4. The fraction of sp³-hybridized carbons (Fsp3) is 0.467. The van der Waals surface area contributed by atoms with Gasteiger partial charge in [-0.1, -0.05) is 11.8 Å². The standard InChI is InChI=1S/C15H18N2O3S/c1-10-9-13(21-12(10)6-2-3-8-18)15(20)17-7-4-5-11(17)14(16)19/h9,11,18H,3-5,7-8H2,1H3,(H2,16,19). The maximum absolute atomic E-state index is 12.5. The molecule has 0 spiro atoms. The van der Waals surface area contributed by atoms with Crippen molar-refractivity contribution in [1.82, 2.24) is 4.90 Å². The zero-order valence-electron chi connectivity index (χ0n) is 11.9. The van der Waals surface area contributed by atoms with E-state index in [9.17, 15) is 9.59 Å². The van der Waals surface area contributed by atoms with Gasteiger partial charge in [-0.15, -0.1) is 11.3 Å². The number of aliphatic hydroxyl groups excluding tert-OH is 1. The number of aryl methyl sites for hydroxylation is 1. The Hall–Kier alpha value is -1.84. The van der Waals surface area contributed by atoms with Gasteiger partial charge in [0, 0.05) is 13.0 Å². The first kappa shape index (κ1) is 15.5. The van der Waals surface area contributed by atoms with Crippen LogP contribution in [-0.2, 0) is 4.79 Å². The third kappa shape index (κ3) is 3.43. The summed E-state index contributed by atoms with van der Waals surface area (Å²) in [7, 11) is 0. The summed E-state index contributed by atoms with van der Waals surface area (Å²) < 4.78 is 0. The van der Waals surface area contributed by atoms with Crippen molar-refractivity contribution >= 4 is 23.2 Å². The smallest absolute Gasteiger partial charge is 0.264 e. The number of thiophene rings is 1. The number of likely N-dealkylation sites (tertiary alicyclic amines) is 1. The summed E-state index contributed by atoms with van der Waals surface area (Å²) in [5, 5.41) is 8.73. The first-order valence-corrected chi connectivity index (χ1v) is 7.66. The van der Waals surface area contributed by atoms with E-state index in [2.05, 4.69) is 11.8 Å². The predicted octanol–water partition coefficient (Wildman–Crippen LogP) is 0.880. The Balaban J connectivity index is 2.19. The molecule has 1 aliphatic rings. The SMILES string of the molecule is Cc1cc(C(=O)N2CCCC2C(N)=O)sc1C#CCCO. The normalized spacial score (nSPS) is 17.4. The van der Waals surface area contributed by atoms with Crippen LogP contribution in [0.5, 0.6) is 0 Å². The highest BCUT2D eigenvalue weighted by atomic mass is 32.1. The molecular formula is C15H18N2O3S. The van der Waals surface area contributed by atoms with E-state index in [1.807, 2.05) is 6.92 Å². The second kappa shape index (κ2) is 6.74. The quantitative estimate of drug-likeness (QED) is 0.813. The number of nitrogens with zero attached hydrogens (tertiary/aromatic N) is 1. The van der Waals surface area contributed by atoms with Gasteiger partial charge in [0.1, 0.15) is 6.04 Å². The van der Waals surface area contributed by atoms with Crippen LogP contribution in [-0.4, -0.2) is 41.0 Å². The molecule has 1 aromatic rings. The molecule has 1 aliphatic heterocycles. The van der Waals surface area contributed by atoms with Crippen LogP contribution in [0.4, 0.5) is 0 Å². The molecule has 112 valence electrons. The van der Waals surface area contributed by atoms with Gasteiger partial charge in [0.25, 0.3) is 5.91 Å². The Morgan fingerprint density at radius 2 is 2.33 bits per heavy atom. The van der Waals surface area contributed by atoms with Crippen molar-refractivity contribution in [3.63, 3.8) is 0 Å². The highest BCUT2D eigenvalue weighted by molar-refractivity contribution is 7.14. The molecule has 3 N–H and O–H groups in total. The van der Waals surface area contributed by atoms with Crippen LogP contribution in [0.3, 0.4) is 0 Å². The van der Waals surface area contributed by atoms with E-state index in [-0.39, 0.29) is 12.5 Å². The highest BCUT2D eigenvalue weighted by Crippen LogP contribution is 2.26. The van der Waals surface area contributed by atoms with E-state index in [4.69, 9.17) is 10.8 Å². The molecule has 0 aliphatic carbocycles. The van der Waals surface area contributed by atoms with E-state index in [1.165, 1.54) is 11.3 Å². The van der Waals surface area contributed by atoms with Crippen molar-refractivity contribution in [2.45, 2.75) is 32.2 Å². The van der Waals surface area contributed by atoms with Gasteiger partial charge in [0.2, 0.25) is 5.91 Å². The van der Waals surface area contributed by atoms with Crippen molar-refractivity contribution in [3.05, 3.63) is 21.4 Å². The molecule has 2 heterocycles. The molecule has 6 heteroatoms. The van der Waals surface area contributed by atoms with E-state index in [1.54, 1.807) is 11.0 Å². The fourth-order valence-electron chi connectivity index (χ4n) is 2.36. The topological polar surface area (TPSA) is 83.6 Å². The first-order valence-electron chi connectivity index (χ1n) is 6.85. The van der Waals surface area contributed by atoms with E-state index >= 15 is 0 Å². The number of primary amides is 1. The molecule has 2 amide bonds. The van der Waals surface area contributed by atoms with Crippen molar-refractivity contribution in [3.8, 4) is 11.8 Å². The lowest BCUT2D eigenvalue weighted by Gasteiger charge is -2.21. The predicted molar refractivity (Wildman–Crippen MR) is 80.9 cm³/mol. The summed E-state index contributed by atoms with van der Waals surface area (Å²) in [5.41, 5.74) is 6.28. The fourth-order valence-corrected chi connectivity index (χ4v) is 3.36. The third-order valence-corrected chi connectivity index (χ3v) is 4.55. The third-order valence-electron chi connectivity index (χ3n) is 3.41. The Labute approximate surface area is 127 Å². The summed E-state index contributed by atoms with van der Waals surface area (Å²) >= 11 is 1.32. The Morgan fingerprint density at radius 1 is 1.57 bits per heavy atom. The number of aliphatic hydroxyl groups is 1. The van der Waals surface area contributed by atoms with E-state index in [0.29, 0.717) is 24.3 Å². The van der Waals surface area contributed by atoms with E-state index < -0.39 is 11.9 Å². The van der Waals surface area contributed by atoms with Gasteiger partial charge in [-0.3, -0.25) is 9.59 Å². The van der Waals surface area contributed by atoms with Gasteiger partial charge in [0.05, 0.1) is 16.4 Å². The van der Waals surface area contributed by atoms with Crippen LogP contribution < -0.4 is 5.73 Å². The van der Waals surface area contributed by atoms with Crippen LogP contribution in [0.1, 0.15) is 39.4 Å². The molecule has 1 aromatic heterocycles. The largest absolute Gasteiger partial charge is 0.395 e. The Kier molecular flexibility index (Phi) is 4.99. The van der Waals surface area contributed by atoms with Gasteiger partial charge in [0.15, 0.2) is 0 Å². The molecule has 21 heavy (non-hydrogen) atoms. The molecule has 0 radical (unpaired) electrons. The maximum Gasteiger partial charge on any atom is 0.264 e. The molecule has 0 saturated carbocycles.